The largest absolute Gasteiger partial charge is 0.380 e. The molecule has 0 saturated carbocycles. The molecule has 0 radical (unpaired) electrons. The lowest BCUT2D eigenvalue weighted by atomic mass is 10.0. The van der Waals surface area contributed by atoms with Crippen LogP contribution in [0, 0.1) is 12.7 Å². The van der Waals surface area contributed by atoms with E-state index in [9.17, 15) is 9.18 Å². The summed E-state index contributed by atoms with van der Waals surface area (Å²) in [6.07, 6.45) is 0. The van der Waals surface area contributed by atoms with Crippen LogP contribution >= 0.6 is 11.6 Å². The second-order valence-electron chi connectivity index (χ2n) is 5.99. The third kappa shape index (κ3) is 4.18. The highest BCUT2D eigenvalue weighted by Gasteiger charge is 2.25. The summed E-state index contributed by atoms with van der Waals surface area (Å²) in [4.78, 5) is 12.7. The Balaban J connectivity index is 1.84. The molecule has 1 aromatic heterocycles. The molecule has 27 heavy (non-hydrogen) atoms. The van der Waals surface area contributed by atoms with E-state index in [2.05, 4.69) is 10.5 Å². The van der Waals surface area contributed by atoms with Crippen LogP contribution in [0.15, 0.2) is 47.0 Å². The summed E-state index contributed by atoms with van der Waals surface area (Å²) in [7, 11) is 1.62. The number of benzene rings is 2. The smallest absolute Gasteiger partial charge is 0.257 e. The highest BCUT2D eigenvalue weighted by molar-refractivity contribution is 6.33. The molecule has 0 bridgehead atoms. The van der Waals surface area contributed by atoms with Gasteiger partial charge in [-0.25, -0.2) is 4.39 Å². The van der Waals surface area contributed by atoms with Gasteiger partial charge in [0.05, 0.1) is 17.2 Å². The predicted molar refractivity (Wildman–Crippen MR) is 100.0 cm³/mol. The van der Waals surface area contributed by atoms with E-state index in [0.717, 1.165) is 11.1 Å². The van der Waals surface area contributed by atoms with Crippen LogP contribution in [0.5, 0.6) is 0 Å². The first kappa shape index (κ1) is 19.1. The van der Waals surface area contributed by atoms with Crippen molar-refractivity contribution in [3.05, 3.63) is 75.8 Å². The Bertz CT molecular complexity index is 951. The Morgan fingerprint density at radius 1 is 1.26 bits per heavy atom. The average Bonchev–Trinajstić information content (AvgIpc) is 3.01. The number of nitrogens with one attached hydrogen (secondary N) is 1. The van der Waals surface area contributed by atoms with Gasteiger partial charge in [-0.15, -0.1) is 0 Å². The van der Waals surface area contributed by atoms with Crippen LogP contribution in [-0.2, 0) is 17.9 Å². The van der Waals surface area contributed by atoms with Gasteiger partial charge in [0.25, 0.3) is 5.91 Å². The van der Waals surface area contributed by atoms with Gasteiger partial charge in [-0.1, -0.05) is 47.1 Å². The number of aromatic nitrogens is 1. The fraction of sp³-hybridized carbons (Fsp3) is 0.200. The Hall–Kier alpha value is -2.70. The summed E-state index contributed by atoms with van der Waals surface area (Å²) in [6, 6.07) is 12.0. The highest BCUT2D eigenvalue weighted by atomic mass is 35.5. The monoisotopic (exact) mass is 388 g/mol. The Kier molecular flexibility index (Phi) is 5.88. The summed E-state index contributed by atoms with van der Waals surface area (Å²) in [5, 5.41) is 6.82. The molecule has 0 atom stereocenters. The van der Waals surface area contributed by atoms with Crippen LogP contribution in [0.2, 0.25) is 5.02 Å². The number of carbonyl (C=O) groups is 1. The van der Waals surface area contributed by atoms with E-state index < -0.39 is 11.7 Å². The number of carbonyl (C=O) groups excluding carboxylic acids is 1. The fourth-order valence-electron chi connectivity index (χ4n) is 2.80. The number of aryl methyl sites for hydroxylation is 1. The van der Waals surface area contributed by atoms with Crippen molar-refractivity contribution in [2.45, 2.75) is 20.1 Å². The van der Waals surface area contributed by atoms with Crippen LogP contribution in [0.4, 0.5) is 4.39 Å². The lowest BCUT2D eigenvalue weighted by Gasteiger charge is -2.08. The van der Waals surface area contributed by atoms with Crippen molar-refractivity contribution in [3.8, 4) is 11.3 Å². The Labute approximate surface area is 161 Å². The summed E-state index contributed by atoms with van der Waals surface area (Å²) in [5.74, 6) is -0.702. The molecule has 1 amide bonds. The van der Waals surface area contributed by atoms with E-state index in [1.807, 2.05) is 24.3 Å². The molecule has 3 aromatic rings. The van der Waals surface area contributed by atoms with Crippen LogP contribution in [0.1, 0.15) is 27.2 Å². The second kappa shape index (κ2) is 8.33. The third-order valence-electron chi connectivity index (χ3n) is 4.04. The van der Waals surface area contributed by atoms with Gasteiger partial charge in [0.2, 0.25) is 0 Å². The minimum absolute atomic E-state index is 0.0447. The molecule has 140 valence electrons. The third-order valence-corrected chi connectivity index (χ3v) is 4.36. The lowest BCUT2D eigenvalue weighted by molar-refractivity contribution is 0.0950. The van der Waals surface area contributed by atoms with Gasteiger partial charge in [0.1, 0.15) is 22.8 Å². The van der Waals surface area contributed by atoms with Crippen LogP contribution in [0.3, 0.4) is 0 Å². The number of ether oxygens (including phenoxy) is 1. The molecule has 1 heterocycles. The lowest BCUT2D eigenvalue weighted by Crippen LogP contribution is -2.23. The molecule has 0 aliphatic heterocycles. The van der Waals surface area contributed by atoms with Crippen LogP contribution in [-0.4, -0.2) is 18.2 Å². The fourth-order valence-corrected chi connectivity index (χ4v) is 3.05. The molecule has 7 heteroatoms. The first-order valence-corrected chi connectivity index (χ1v) is 8.64. The molecule has 1 N–H and O–H groups in total. The summed E-state index contributed by atoms with van der Waals surface area (Å²) >= 11 is 6.10. The van der Waals surface area contributed by atoms with Crippen molar-refractivity contribution in [3.63, 3.8) is 0 Å². The van der Waals surface area contributed by atoms with Gasteiger partial charge in [-0.2, -0.15) is 0 Å². The van der Waals surface area contributed by atoms with Gasteiger partial charge < -0.3 is 14.6 Å². The zero-order valence-corrected chi connectivity index (χ0v) is 15.6. The Morgan fingerprint density at radius 2 is 2.00 bits per heavy atom. The minimum Gasteiger partial charge on any atom is -0.380 e. The molecule has 0 unspecified atom stereocenters. The maximum Gasteiger partial charge on any atom is 0.257 e. The normalized spacial score (nSPS) is 10.8. The maximum atomic E-state index is 14.2. The van der Waals surface area contributed by atoms with Crippen molar-refractivity contribution in [2.75, 3.05) is 7.11 Å². The first-order valence-electron chi connectivity index (χ1n) is 8.27. The highest BCUT2D eigenvalue weighted by Crippen LogP contribution is 2.33. The van der Waals surface area contributed by atoms with Gasteiger partial charge in [-0.3, -0.25) is 4.79 Å². The van der Waals surface area contributed by atoms with E-state index in [4.69, 9.17) is 20.9 Å². The molecular weight excluding hydrogens is 371 g/mol. The second-order valence-corrected chi connectivity index (χ2v) is 6.40. The number of nitrogens with zero attached hydrogens (tertiary/aromatic N) is 1. The van der Waals surface area contributed by atoms with Crippen molar-refractivity contribution in [1.82, 2.24) is 10.5 Å². The molecular formula is C20H18ClFN2O3. The van der Waals surface area contributed by atoms with E-state index in [1.165, 1.54) is 18.2 Å². The quantitative estimate of drug-likeness (QED) is 0.674. The SMILES string of the molecule is COCc1cccc(CNC(=O)c2c(-c3c(F)cccc3Cl)noc2C)c1. The maximum absolute atomic E-state index is 14.2. The number of rotatable bonds is 6. The molecule has 0 spiro atoms. The average molecular weight is 389 g/mol. The zero-order valence-electron chi connectivity index (χ0n) is 14.9. The van der Waals surface area contributed by atoms with Crippen LogP contribution in [0.25, 0.3) is 11.3 Å². The molecule has 2 aromatic carbocycles. The zero-order chi connectivity index (χ0) is 19.4. The van der Waals surface area contributed by atoms with Gasteiger partial charge in [0.15, 0.2) is 0 Å². The van der Waals surface area contributed by atoms with E-state index >= 15 is 0 Å². The molecule has 0 aliphatic rings. The van der Waals surface area contributed by atoms with E-state index in [1.54, 1.807) is 14.0 Å². The number of methoxy groups -OCH3 is 1. The Morgan fingerprint density at radius 3 is 2.74 bits per heavy atom. The van der Waals surface area contributed by atoms with E-state index in [-0.39, 0.29) is 27.6 Å². The topological polar surface area (TPSA) is 64.4 Å². The standard InChI is InChI=1S/C20H18ClFN2O3/c1-12-17(19(24-27-12)18-15(21)7-4-8-16(18)22)20(25)23-10-13-5-3-6-14(9-13)11-26-2/h3-9H,10-11H2,1-2H3,(H,23,25). The number of hydrogen-bond acceptors (Lipinski definition) is 4. The summed E-state index contributed by atoms with van der Waals surface area (Å²) in [6.45, 7) is 2.38. The summed E-state index contributed by atoms with van der Waals surface area (Å²) < 4.78 is 24.5. The number of halogens is 2. The predicted octanol–water partition coefficient (Wildman–Crippen LogP) is 4.52. The van der Waals surface area contributed by atoms with Crippen molar-refractivity contribution in [2.24, 2.45) is 0 Å². The van der Waals surface area contributed by atoms with Gasteiger partial charge >= 0.3 is 0 Å². The molecule has 0 aliphatic carbocycles. The molecule has 3 rings (SSSR count). The molecule has 5 nitrogen and oxygen atoms in total. The number of amides is 1. The van der Waals surface area contributed by atoms with Crippen molar-refractivity contribution >= 4 is 17.5 Å². The summed E-state index contributed by atoms with van der Waals surface area (Å²) in [5.41, 5.74) is 2.21. The molecule has 0 saturated heterocycles. The van der Waals surface area contributed by atoms with Gasteiger partial charge in [0, 0.05) is 13.7 Å². The molecule has 0 fully saturated rings. The van der Waals surface area contributed by atoms with Crippen molar-refractivity contribution in [1.29, 1.82) is 0 Å². The minimum atomic E-state index is -0.572. The first-order chi connectivity index (χ1) is 13.0. The van der Waals surface area contributed by atoms with Crippen LogP contribution < -0.4 is 5.32 Å². The van der Waals surface area contributed by atoms with E-state index in [0.29, 0.717) is 13.2 Å². The number of hydrogen-bond donors (Lipinski definition) is 1. The van der Waals surface area contributed by atoms with Crippen molar-refractivity contribution < 1.29 is 18.4 Å². The van der Waals surface area contributed by atoms with Gasteiger partial charge in [-0.05, 0) is 30.2 Å².